The first kappa shape index (κ1) is 28.7. The molecule has 0 aliphatic carbocycles. The molecule has 2 heterocycles. The summed E-state index contributed by atoms with van der Waals surface area (Å²) in [5, 5.41) is 3.27. The summed E-state index contributed by atoms with van der Waals surface area (Å²) in [7, 11) is 0. The summed E-state index contributed by atoms with van der Waals surface area (Å²) in [6.07, 6.45) is 4.37. The summed E-state index contributed by atoms with van der Waals surface area (Å²) in [6.45, 7) is 3.79. The number of nitrogens with one attached hydrogen (secondary N) is 1. The Hall–Kier alpha value is -4.41. The number of furan rings is 1. The monoisotopic (exact) mass is 568 g/mol. The minimum absolute atomic E-state index is 0.193. The van der Waals surface area contributed by atoms with Gasteiger partial charge in [0.05, 0.1) is 0 Å². The Labute approximate surface area is 255 Å². The lowest BCUT2D eigenvalue weighted by Gasteiger charge is -2.37. The Morgan fingerprint density at radius 3 is 1.88 bits per heavy atom. The van der Waals surface area contributed by atoms with Gasteiger partial charge in [-0.1, -0.05) is 121 Å². The molecule has 1 fully saturated rings. The van der Waals surface area contributed by atoms with Gasteiger partial charge in [-0.25, -0.2) is 0 Å². The van der Waals surface area contributed by atoms with Crippen LogP contribution in [-0.2, 0) is 5.41 Å². The molecule has 1 N–H and O–H groups in total. The molecule has 43 heavy (non-hydrogen) atoms. The normalized spacial score (nSPS) is 14.4. The third kappa shape index (κ3) is 6.81. The van der Waals surface area contributed by atoms with Crippen LogP contribution in [0.25, 0.3) is 11.3 Å². The fourth-order valence-corrected chi connectivity index (χ4v) is 6.62. The van der Waals surface area contributed by atoms with Crippen LogP contribution >= 0.6 is 0 Å². The van der Waals surface area contributed by atoms with Gasteiger partial charge in [-0.2, -0.15) is 0 Å². The van der Waals surface area contributed by atoms with E-state index in [0.717, 1.165) is 38.0 Å². The number of nitrogens with zero attached hydrogens (tertiary/aromatic N) is 1. The van der Waals surface area contributed by atoms with Crippen molar-refractivity contribution in [3.63, 3.8) is 0 Å². The van der Waals surface area contributed by atoms with E-state index in [2.05, 4.69) is 101 Å². The van der Waals surface area contributed by atoms with Gasteiger partial charge in [-0.3, -0.25) is 4.79 Å². The molecule has 0 unspecified atom stereocenters. The average Bonchev–Trinajstić information content (AvgIpc) is 3.59. The zero-order valence-electron chi connectivity index (χ0n) is 24.7. The summed E-state index contributed by atoms with van der Waals surface area (Å²) in [5.41, 5.74) is 4.49. The third-order valence-corrected chi connectivity index (χ3v) is 9.03. The predicted octanol–water partition coefficient (Wildman–Crippen LogP) is 8.32. The Bertz CT molecular complexity index is 1520. The smallest absolute Gasteiger partial charge is 0.287 e. The molecule has 5 aromatic rings. The van der Waals surface area contributed by atoms with Gasteiger partial charge in [0.25, 0.3) is 5.91 Å². The molecule has 4 heteroatoms. The predicted molar refractivity (Wildman–Crippen MR) is 174 cm³/mol. The van der Waals surface area contributed by atoms with Gasteiger partial charge < -0.3 is 14.6 Å². The lowest BCUT2D eigenvalue weighted by Crippen LogP contribution is -2.42. The second-order valence-electron chi connectivity index (χ2n) is 11.7. The van der Waals surface area contributed by atoms with Gasteiger partial charge in [0.15, 0.2) is 5.76 Å². The van der Waals surface area contributed by atoms with Gasteiger partial charge in [0.2, 0.25) is 0 Å². The van der Waals surface area contributed by atoms with E-state index in [9.17, 15) is 4.79 Å². The van der Waals surface area contributed by atoms with Crippen molar-refractivity contribution >= 4 is 5.91 Å². The highest BCUT2D eigenvalue weighted by Gasteiger charge is 2.35. The van der Waals surface area contributed by atoms with Crippen molar-refractivity contribution in [3.8, 4) is 11.3 Å². The summed E-state index contributed by atoms with van der Waals surface area (Å²) in [6, 6.07) is 45.8. The highest BCUT2D eigenvalue weighted by atomic mass is 16.3. The molecule has 4 aromatic carbocycles. The van der Waals surface area contributed by atoms with E-state index < -0.39 is 0 Å². The van der Waals surface area contributed by atoms with Crippen LogP contribution < -0.4 is 5.32 Å². The number of amides is 1. The Morgan fingerprint density at radius 1 is 0.721 bits per heavy atom. The molecule has 0 bridgehead atoms. The SMILES string of the molecule is O=C(NCC(CCCN1CCC(c2ccccc2)CC1)(c1ccccc1)c1ccccc1)c1ccc(-c2ccccc2)o1. The quantitative estimate of drug-likeness (QED) is 0.174. The number of carbonyl (C=O) groups excluding carboxylic acids is 1. The molecule has 0 atom stereocenters. The number of piperidine rings is 1. The fourth-order valence-electron chi connectivity index (χ4n) is 6.62. The van der Waals surface area contributed by atoms with Gasteiger partial charge in [0, 0.05) is 17.5 Å². The van der Waals surface area contributed by atoms with Crippen LogP contribution in [-0.4, -0.2) is 37.0 Å². The van der Waals surface area contributed by atoms with Crippen LogP contribution in [0.1, 0.15) is 58.8 Å². The first-order valence-electron chi connectivity index (χ1n) is 15.5. The topological polar surface area (TPSA) is 45.5 Å². The van der Waals surface area contributed by atoms with E-state index in [1.807, 2.05) is 36.4 Å². The number of benzene rings is 4. The number of likely N-dealkylation sites (tertiary alicyclic amines) is 1. The van der Waals surface area contributed by atoms with E-state index in [-0.39, 0.29) is 11.3 Å². The molecule has 1 saturated heterocycles. The summed E-state index contributed by atoms with van der Waals surface area (Å²) < 4.78 is 5.99. The summed E-state index contributed by atoms with van der Waals surface area (Å²) in [5.74, 6) is 1.49. The van der Waals surface area contributed by atoms with Gasteiger partial charge in [0.1, 0.15) is 5.76 Å². The Balaban J connectivity index is 1.17. The van der Waals surface area contributed by atoms with E-state index in [1.165, 1.54) is 29.5 Å². The van der Waals surface area contributed by atoms with E-state index in [4.69, 9.17) is 4.42 Å². The molecular formula is C39H40N2O2. The largest absolute Gasteiger partial charge is 0.451 e. The van der Waals surface area contributed by atoms with Crippen molar-refractivity contribution in [2.75, 3.05) is 26.2 Å². The van der Waals surface area contributed by atoms with Crippen molar-refractivity contribution in [2.24, 2.45) is 0 Å². The van der Waals surface area contributed by atoms with Crippen molar-refractivity contribution in [1.82, 2.24) is 10.2 Å². The van der Waals surface area contributed by atoms with Crippen molar-refractivity contribution < 1.29 is 9.21 Å². The Kier molecular flexibility index (Phi) is 9.15. The first-order valence-corrected chi connectivity index (χ1v) is 15.5. The van der Waals surface area contributed by atoms with E-state index in [0.29, 0.717) is 24.0 Å². The van der Waals surface area contributed by atoms with Gasteiger partial charge >= 0.3 is 0 Å². The maximum Gasteiger partial charge on any atom is 0.287 e. The molecule has 0 spiro atoms. The number of carbonyl (C=O) groups is 1. The molecule has 1 amide bonds. The fraction of sp³-hybridized carbons (Fsp3) is 0.256. The Morgan fingerprint density at radius 2 is 1.28 bits per heavy atom. The van der Waals surface area contributed by atoms with Gasteiger partial charge in [-0.05, 0) is 80.1 Å². The molecule has 1 aromatic heterocycles. The highest BCUT2D eigenvalue weighted by molar-refractivity contribution is 5.92. The summed E-state index contributed by atoms with van der Waals surface area (Å²) in [4.78, 5) is 16.1. The third-order valence-electron chi connectivity index (χ3n) is 9.03. The van der Waals surface area contributed by atoms with E-state index >= 15 is 0 Å². The second kappa shape index (κ2) is 13.7. The molecule has 0 saturated carbocycles. The molecule has 1 aliphatic rings. The minimum atomic E-state index is -0.366. The molecule has 0 radical (unpaired) electrons. The molecule has 6 rings (SSSR count). The molecular weight excluding hydrogens is 528 g/mol. The van der Waals surface area contributed by atoms with Crippen LogP contribution in [0.15, 0.2) is 138 Å². The minimum Gasteiger partial charge on any atom is -0.451 e. The van der Waals surface area contributed by atoms with Crippen LogP contribution in [0.3, 0.4) is 0 Å². The highest BCUT2D eigenvalue weighted by Crippen LogP contribution is 2.37. The molecule has 4 nitrogen and oxygen atoms in total. The lowest BCUT2D eigenvalue weighted by molar-refractivity contribution is 0.0917. The average molecular weight is 569 g/mol. The summed E-state index contributed by atoms with van der Waals surface area (Å²) >= 11 is 0. The van der Waals surface area contributed by atoms with Crippen LogP contribution in [0.2, 0.25) is 0 Å². The lowest BCUT2D eigenvalue weighted by atomic mass is 9.71. The number of rotatable bonds is 11. The van der Waals surface area contributed by atoms with Crippen molar-refractivity contribution in [2.45, 2.75) is 37.0 Å². The molecule has 218 valence electrons. The maximum atomic E-state index is 13.5. The zero-order valence-corrected chi connectivity index (χ0v) is 24.7. The van der Waals surface area contributed by atoms with E-state index in [1.54, 1.807) is 6.07 Å². The van der Waals surface area contributed by atoms with Crippen LogP contribution in [0.4, 0.5) is 0 Å². The van der Waals surface area contributed by atoms with Crippen molar-refractivity contribution in [1.29, 1.82) is 0 Å². The first-order chi connectivity index (χ1) is 21.2. The zero-order chi connectivity index (χ0) is 29.3. The molecule has 1 aliphatic heterocycles. The van der Waals surface area contributed by atoms with Crippen molar-refractivity contribution in [3.05, 3.63) is 156 Å². The van der Waals surface area contributed by atoms with Crippen LogP contribution in [0.5, 0.6) is 0 Å². The standard InChI is InChI=1S/C39H40N2O2/c42-38(37-23-22-36(43-37)33-16-7-2-8-17-33)40-30-39(34-18-9-3-10-19-34,35-20-11-4-12-21-35)26-13-27-41-28-24-32(25-29-41)31-14-5-1-6-15-31/h1-12,14-23,32H,13,24-30H2,(H,40,42). The second-order valence-corrected chi connectivity index (χ2v) is 11.7. The van der Waals surface area contributed by atoms with Crippen LogP contribution in [0, 0.1) is 0 Å². The number of hydrogen-bond donors (Lipinski definition) is 1. The maximum absolute atomic E-state index is 13.5. The van der Waals surface area contributed by atoms with Gasteiger partial charge in [-0.15, -0.1) is 0 Å². The number of hydrogen-bond acceptors (Lipinski definition) is 3.